The first kappa shape index (κ1) is 14.0. The Labute approximate surface area is 119 Å². The van der Waals surface area contributed by atoms with Crippen LogP contribution in [0.2, 0.25) is 0 Å². The first-order chi connectivity index (χ1) is 9.11. The van der Waals surface area contributed by atoms with Crippen LogP contribution in [0.5, 0.6) is 0 Å². The zero-order valence-corrected chi connectivity index (χ0v) is 12.4. The summed E-state index contributed by atoms with van der Waals surface area (Å²) >= 11 is 3.35. The number of rotatable bonds is 5. The molecule has 0 saturated heterocycles. The van der Waals surface area contributed by atoms with E-state index in [0.29, 0.717) is 24.8 Å². The monoisotopic (exact) mass is 327 g/mol. The molecule has 102 valence electrons. The van der Waals surface area contributed by atoms with Crippen LogP contribution in [0.25, 0.3) is 5.69 Å². The van der Waals surface area contributed by atoms with Crippen molar-refractivity contribution in [2.75, 3.05) is 25.6 Å². The van der Waals surface area contributed by atoms with Crippen molar-refractivity contribution in [1.29, 1.82) is 0 Å². The first-order valence-electron chi connectivity index (χ1n) is 5.86. The van der Waals surface area contributed by atoms with Crippen molar-refractivity contribution in [3.63, 3.8) is 0 Å². The van der Waals surface area contributed by atoms with Crippen LogP contribution in [0.1, 0.15) is 5.69 Å². The molecule has 0 spiro atoms. The lowest BCUT2D eigenvalue weighted by Gasteiger charge is -2.10. The van der Waals surface area contributed by atoms with Crippen molar-refractivity contribution in [2.45, 2.75) is 6.92 Å². The number of anilines is 1. The van der Waals surface area contributed by atoms with Crippen LogP contribution < -0.4 is 5.32 Å². The van der Waals surface area contributed by atoms with Crippen LogP contribution in [0, 0.1) is 12.7 Å². The summed E-state index contributed by atoms with van der Waals surface area (Å²) in [6, 6.07) is 4.81. The normalized spacial score (nSPS) is 10.7. The molecule has 1 heterocycles. The SMILES string of the molecule is COCCNc1nc(C)cn1-c1cc(Br)ccc1F. The summed E-state index contributed by atoms with van der Waals surface area (Å²) in [4.78, 5) is 4.34. The van der Waals surface area contributed by atoms with E-state index in [1.165, 1.54) is 6.07 Å². The number of hydrogen-bond donors (Lipinski definition) is 1. The minimum absolute atomic E-state index is 0.296. The van der Waals surface area contributed by atoms with E-state index in [0.717, 1.165) is 10.2 Å². The lowest BCUT2D eigenvalue weighted by atomic mass is 10.3. The van der Waals surface area contributed by atoms with E-state index in [2.05, 4.69) is 26.2 Å². The number of nitrogens with zero attached hydrogens (tertiary/aromatic N) is 2. The first-order valence-corrected chi connectivity index (χ1v) is 6.65. The molecule has 2 aromatic rings. The standard InChI is InChI=1S/C13H15BrFN3O/c1-9-8-18(13(17-9)16-5-6-19-2)12-7-10(14)3-4-11(12)15/h3-4,7-8H,5-6H2,1-2H3,(H,16,17). The van der Waals surface area contributed by atoms with Gasteiger partial charge in [-0.15, -0.1) is 0 Å². The minimum Gasteiger partial charge on any atom is -0.383 e. The Morgan fingerprint density at radius 3 is 3.00 bits per heavy atom. The van der Waals surface area contributed by atoms with Gasteiger partial charge in [0.25, 0.3) is 0 Å². The molecule has 1 N–H and O–H groups in total. The van der Waals surface area contributed by atoms with E-state index >= 15 is 0 Å². The van der Waals surface area contributed by atoms with E-state index < -0.39 is 0 Å². The summed E-state index contributed by atoms with van der Waals surface area (Å²) in [5, 5.41) is 3.13. The molecule has 2 rings (SSSR count). The quantitative estimate of drug-likeness (QED) is 0.857. The Bertz CT molecular complexity index is 571. The Kier molecular flexibility index (Phi) is 4.55. The maximum absolute atomic E-state index is 13.9. The summed E-state index contributed by atoms with van der Waals surface area (Å²) in [5.74, 6) is 0.307. The average molecular weight is 328 g/mol. The van der Waals surface area contributed by atoms with Gasteiger partial charge in [-0.05, 0) is 25.1 Å². The number of methoxy groups -OCH3 is 1. The summed E-state index contributed by atoms with van der Waals surface area (Å²) < 4.78 is 21.4. The molecule has 0 unspecified atom stereocenters. The smallest absolute Gasteiger partial charge is 0.207 e. The number of ether oxygens (including phenoxy) is 1. The molecule has 1 aromatic heterocycles. The Hall–Kier alpha value is -1.40. The van der Waals surface area contributed by atoms with Gasteiger partial charge in [0.1, 0.15) is 5.82 Å². The number of hydrogen-bond acceptors (Lipinski definition) is 3. The van der Waals surface area contributed by atoms with Crippen molar-refractivity contribution >= 4 is 21.9 Å². The largest absolute Gasteiger partial charge is 0.383 e. The Morgan fingerprint density at radius 1 is 1.47 bits per heavy atom. The van der Waals surface area contributed by atoms with Crippen LogP contribution in [-0.4, -0.2) is 29.8 Å². The van der Waals surface area contributed by atoms with Gasteiger partial charge in [0.05, 0.1) is 18.0 Å². The fourth-order valence-electron chi connectivity index (χ4n) is 1.74. The van der Waals surface area contributed by atoms with Crippen molar-refractivity contribution in [3.05, 3.63) is 40.4 Å². The lowest BCUT2D eigenvalue weighted by molar-refractivity contribution is 0.210. The van der Waals surface area contributed by atoms with Crippen molar-refractivity contribution in [3.8, 4) is 5.69 Å². The van der Waals surface area contributed by atoms with Crippen molar-refractivity contribution < 1.29 is 9.13 Å². The number of aromatic nitrogens is 2. The predicted molar refractivity (Wildman–Crippen MR) is 76.3 cm³/mol. The van der Waals surface area contributed by atoms with Crippen LogP contribution >= 0.6 is 15.9 Å². The average Bonchev–Trinajstić information content (AvgIpc) is 2.74. The third-order valence-electron chi connectivity index (χ3n) is 2.58. The van der Waals surface area contributed by atoms with Crippen LogP contribution in [0.3, 0.4) is 0 Å². The molecule has 0 saturated carbocycles. The minimum atomic E-state index is -0.296. The number of imidazole rings is 1. The molecule has 0 aliphatic carbocycles. The molecule has 0 aliphatic rings. The number of benzene rings is 1. The molecule has 0 fully saturated rings. The zero-order chi connectivity index (χ0) is 13.8. The molecule has 4 nitrogen and oxygen atoms in total. The summed E-state index contributed by atoms with van der Waals surface area (Å²) in [5.41, 5.74) is 1.27. The number of halogens is 2. The zero-order valence-electron chi connectivity index (χ0n) is 10.8. The molecule has 0 amide bonds. The van der Waals surface area contributed by atoms with Gasteiger partial charge >= 0.3 is 0 Å². The molecule has 6 heteroatoms. The van der Waals surface area contributed by atoms with Gasteiger partial charge in [0.15, 0.2) is 0 Å². The Morgan fingerprint density at radius 2 is 2.26 bits per heavy atom. The van der Waals surface area contributed by atoms with Crippen molar-refractivity contribution in [1.82, 2.24) is 9.55 Å². The molecule has 0 radical (unpaired) electrons. The third-order valence-corrected chi connectivity index (χ3v) is 3.08. The molecule has 0 atom stereocenters. The van der Waals surface area contributed by atoms with Crippen LogP contribution in [-0.2, 0) is 4.74 Å². The second-order valence-corrected chi connectivity index (χ2v) is 5.01. The molecule has 0 bridgehead atoms. The Balaban J connectivity index is 2.35. The second-order valence-electron chi connectivity index (χ2n) is 4.09. The van der Waals surface area contributed by atoms with Crippen LogP contribution in [0.4, 0.5) is 10.3 Å². The van der Waals surface area contributed by atoms with Gasteiger partial charge in [0, 0.05) is 24.3 Å². The van der Waals surface area contributed by atoms with Gasteiger partial charge < -0.3 is 10.1 Å². The summed E-state index contributed by atoms with van der Waals surface area (Å²) in [7, 11) is 1.63. The van der Waals surface area contributed by atoms with Gasteiger partial charge in [-0.25, -0.2) is 9.37 Å². The maximum Gasteiger partial charge on any atom is 0.207 e. The fourth-order valence-corrected chi connectivity index (χ4v) is 2.09. The van der Waals surface area contributed by atoms with E-state index in [4.69, 9.17) is 4.74 Å². The predicted octanol–water partition coefficient (Wildman–Crippen LogP) is 3.14. The van der Waals surface area contributed by atoms with Gasteiger partial charge in [-0.3, -0.25) is 4.57 Å². The molecule has 19 heavy (non-hydrogen) atoms. The van der Waals surface area contributed by atoms with Gasteiger partial charge in [-0.1, -0.05) is 15.9 Å². The highest BCUT2D eigenvalue weighted by Crippen LogP contribution is 2.23. The third kappa shape index (κ3) is 3.33. The molecule has 1 aromatic carbocycles. The molecule has 0 aliphatic heterocycles. The van der Waals surface area contributed by atoms with E-state index in [1.807, 2.05) is 6.92 Å². The highest BCUT2D eigenvalue weighted by atomic mass is 79.9. The van der Waals surface area contributed by atoms with E-state index in [1.54, 1.807) is 30.0 Å². The number of aryl methyl sites for hydroxylation is 1. The lowest BCUT2D eigenvalue weighted by Crippen LogP contribution is -2.12. The topological polar surface area (TPSA) is 39.1 Å². The summed E-state index contributed by atoms with van der Waals surface area (Å²) in [6.07, 6.45) is 1.79. The fraction of sp³-hybridized carbons (Fsp3) is 0.308. The van der Waals surface area contributed by atoms with Gasteiger partial charge in [-0.2, -0.15) is 0 Å². The summed E-state index contributed by atoms with van der Waals surface area (Å²) in [6.45, 7) is 3.04. The van der Waals surface area contributed by atoms with E-state index in [-0.39, 0.29) is 5.82 Å². The van der Waals surface area contributed by atoms with E-state index in [9.17, 15) is 4.39 Å². The second kappa shape index (κ2) is 6.16. The molecular weight excluding hydrogens is 313 g/mol. The highest BCUT2D eigenvalue weighted by Gasteiger charge is 2.11. The van der Waals surface area contributed by atoms with Gasteiger partial charge in [0.2, 0.25) is 5.95 Å². The number of nitrogens with one attached hydrogen (secondary N) is 1. The molecular formula is C13H15BrFN3O. The highest BCUT2D eigenvalue weighted by molar-refractivity contribution is 9.10. The van der Waals surface area contributed by atoms with Crippen molar-refractivity contribution in [2.24, 2.45) is 0 Å². The maximum atomic E-state index is 13.9. The van der Waals surface area contributed by atoms with Crippen LogP contribution in [0.15, 0.2) is 28.9 Å².